The van der Waals surface area contributed by atoms with Gasteiger partial charge in [0, 0.05) is 6.42 Å². The van der Waals surface area contributed by atoms with Gasteiger partial charge in [-0.2, -0.15) is 0 Å². The summed E-state index contributed by atoms with van der Waals surface area (Å²) in [5, 5.41) is 0. The highest BCUT2D eigenvalue weighted by Crippen LogP contribution is 2.37. The largest absolute Gasteiger partial charge is 0.239 e. The molecule has 0 unspecified atom stereocenters. The van der Waals surface area contributed by atoms with Crippen LogP contribution in [-0.2, 0) is 6.42 Å². The zero-order valence-corrected chi connectivity index (χ0v) is 14.6. The molecule has 1 aliphatic rings. The van der Waals surface area contributed by atoms with Crippen LogP contribution in [0, 0.1) is 5.92 Å². The zero-order valence-electron chi connectivity index (χ0n) is 14.6. The van der Waals surface area contributed by atoms with E-state index in [2.05, 4.69) is 31.2 Å². The van der Waals surface area contributed by atoms with Gasteiger partial charge in [0.15, 0.2) is 0 Å². The molecule has 0 radical (unpaired) electrons. The van der Waals surface area contributed by atoms with E-state index in [1.807, 2.05) is 0 Å². The quantitative estimate of drug-likeness (QED) is 0.424. The van der Waals surface area contributed by atoms with Gasteiger partial charge >= 0.3 is 0 Å². The van der Waals surface area contributed by atoms with Crippen molar-refractivity contribution in [1.29, 1.82) is 0 Å². The monoisotopic (exact) mass is 322 g/mol. The fourth-order valence-corrected chi connectivity index (χ4v) is 3.88. The zero-order chi connectivity index (χ0) is 16.5. The van der Waals surface area contributed by atoms with Crippen molar-refractivity contribution < 1.29 is 8.78 Å². The minimum atomic E-state index is -2.19. The van der Waals surface area contributed by atoms with Crippen LogP contribution in [0.4, 0.5) is 8.78 Å². The van der Waals surface area contributed by atoms with Gasteiger partial charge in [-0.3, -0.25) is 0 Å². The van der Waals surface area contributed by atoms with Gasteiger partial charge in [-0.15, -0.1) is 0 Å². The average Bonchev–Trinajstić information content (AvgIpc) is 2.58. The SMILES string of the molecule is CCCCCC[C@H]1CC[C@H](c2ccc(CCC(F)F)cc2)CC1. The maximum absolute atomic E-state index is 12.3. The van der Waals surface area contributed by atoms with Crippen molar-refractivity contribution in [3.8, 4) is 0 Å². The fourth-order valence-electron chi connectivity index (χ4n) is 3.88. The van der Waals surface area contributed by atoms with Gasteiger partial charge in [-0.05, 0) is 55.1 Å². The van der Waals surface area contributed by atoms with Gasteiger partial charge in [0.25, 0.3) is 0 Å². The molecule has 0 bridgehead atoms. The molecule has 0 spiro atoms. The summed E-state index contributed by atoms with van der Waals surface area (Å²) in [6.07, 6.45) is 10.5. The first-order valence-corrected chi connectivity index (χ1v) is 9.56. The number of unbranched alkanes of at least 4 members (excludes halogenated alkanes) is 3. The summed E-state index contributed by atoms with van der Waals surface area (Å²) < 4.78 is 24.5. The first kappa shape index (κ1) is 18.4. The molecule has 0 atom stereocenters. The molecule has 0 aromatic heterocycles. The lowest BCUT2D eigenvalue weighted by Gasteiger charge is -2.29. The Morgan fingerprint density at radius 2 is 1.65 bits per heavy atom. The van der Waals surface area contributed by atoms with Crippen LogP contribution in [0.5, 0.6) is 0 Å². The fraction of sp³-hybridized carbons (Fsp3) is 0.714. The van der Waals surface area contributed by atoms with E-state index in [1.165, 1.54) is 63.4 Å². The topological polar surface area (TPSA) is 0 Å². The Hall–Kier alpha value is -0.920. The van der Waals surface area contributed by atoms with E-state index in [-0.39, 0.29) is 6.42 Å². The number of benzene rings is 1. The molecule has 0 heterocycles. The maximum Gasteiger partial charge on any atom is 0.239 e. The first-order valence-electron chi connectivity index (χ1n) is 9.56. The molecule has 1 aromatic rings. The third kappa shape index (κ3) is 6.61. The summed E-state index contributed by atoms with van der Waals surface area (Å²) in [7, 11) is 0. The van der Waals surface area contributed by atoms with Crippen molar-refractivity contribution >= 4 is 0 Å². The molecule has 130 valence electrons. The molecular formula is C21H32F2. The van der Waals surface area contributed by atoms with Crippen LogP contribution >= 0.6 is 0 Å². The van der Waals surface area contributed by atoms with Crippen LogP contribution < -0.4 is 0 Å². The summed E-state index contributed by atoms with van der Waals surface area (Å²) in [6, 6.07) is 8.45. The van der Waals surface area contributed by atoms with Crippen LogP contribution in [-0.4, -0.2) is 6.43 Å². The second-order valence-electron chi connectivity index (χ2n) is 7.24. The van der Waals surface area contributed by atoms with E-state index in [4.69, 9.17) is 0 Å². The van der Waals surface area contributed by atoms with Crippen molar-refractivity contribution in [3.05, 3.63) is 35.4 Å². The lowest BCUT2D eigenvalue weighted by atomic mass is 9.77. The summed E-state index contributed by atoms with van der Waals surface area (Å²) >= 11 is 0. The van der Waals surface area contributed by atoms with Crippen LogP contribution in [0.15, 0.2) is 24.3 Å². The summed E-state index contributed by atoms with van der Waals surface area (Å²) in [4.78, 5) is 0. The normalized spacial score (nSPS) is 21.7. The average molecular weight is 322 g/mol. The molecule has 0 nitrogen and oxygen atoms in total. The van der Waals surface area contributed by atoms with E-state index in [0.717, 1.165) is 11.5 Å². The van der Waals surface area contributed by atoms with E-state index < -0.39 is 6.43 Å². The smallest absolute Gasteiger partial charge is 0.211 e. The predicted octanol–water partition coefficient (Wildman–Crippen LogP) is 7.13. The standard InChI is InChI=1S/C21H32F2/c1-2-3-4-5-6-17-7-12-19(13-8-17)20-14-9-18(10-15-20)11-16-21(22)23/h9-10,14-15,17,19,21H,2-8,11-13,16H2,1H3/t17-,19-. The van der Waals surface area contributed by atoms with Crippen molar-refractivity contribution in [2.75, 3.05) is 0 Å². The van der Waals surface area contributed by atoms with E-state index in [1.54, 1.807) is 0 Å². The molecule has 1 saturated carbocycles. The molecule has 0 N–H and O–H groups in total. The molecule has 2 rings (SSSR count). The van der Waals surface area contributed by atoms with Crippen molar-refractivity contribution in [1.82, 2.24) is 0 Å². The number of alkyl halides is 2. The Morgan fingerprint density at radius 3 is 2.26 bits per heavy atom. The highest BCUT2D eigenvalue weighted by atomic mass is 19.3. The van der Waals surface area contributed by atoms with Crippen LogP contribution in [0.3, 0.4) is 0 Å². The second-order valence-corrected chi connectivity index (χ2v) is 7.24. The number of hydrogen-bond acceptors (Lipinski definition) is 0. The molecule has 0 amide bonds. The Kier molecular flexibility index (Phi) is 8.05. The minimum Gasteiger partial charge on any atom is -0.211 e. The second kappa shape index (κ2) is 10.1. The van der Waals surface area contributed by atoms with Gasteiger partial charge in [0.1, 0.15) is 0 Å². The molecule has 1 aromatic carbocycles. The summed E-state index contributed by atoms with van der Waals surface area (Å²) in [5.41, 5.74) is 2.45. The van der Waals surface area contributed by atoms with E-state index in [9.17, 15) is 8.78 Å². The summed E-state index contributed by atoms with van der Waals surface area (Å²) in [6.45, 7) is 2.27. The molecular weight excluding hydrogens is 290 g/mol. The van der Waals surface area contributed by atoms with Gasteiger partial charge in [-0.1, -0.05) is 63.3 Å². The molecule has 1 aliphatic carbocycles. The molecule has 23 heavy (non-hydrogen) atoms. The van der Waals surface area contributed by atoms with Gasteiger partial charge in [0.05, 0.1) is 0 Å². The van der Waals surface area contributed by atoms with Crippen molar-refractivity contribution in [3.63, 3.8) is 0 Å². The van der Waals surface area contributed by atoms with E-state index >= 15 is 0 Å². The number of aryl methyl sites for hydroxylation is 1. The third-order valence-corrected chi connectivity index (χ3v) is 5.42. The van der Waals surface area contributed by atoms with Crippen LogP contribution in [0.2, 0.25) is 0 Å². The maximum atomic E-state index is 12.3. The molecule has 2 heteroatoms. The Labute approximate surface area is 140 Å². The minimum absolute atomic E-state index is 0.0253. The number of hydrogen-bond donors (Lipinski definition) is 0. The van der Waals surface area contributed by atoms with Crippen LogP contribution in [0.1, 0.15) is 88.2 Å². The summed E-state index contributed by atoms with van der Waals surface area (Å²) in [5.74, 6) is 1.62. The Morgan fingerprint density at radius 1 is 0.957 bits per heavy atom. The van der Waals surface area contributed by atoms with Crippen molar-refractivity contribution in [2.45, 2.75) is 89.9 Å². The highest BCUT2D eigenvalue weighted by molar-refractivity contribution is 5.26. The number of halogens is 2. The van der Waals surface area contributed by atoms with Gasteiger partial charge in [-0.25, -0.2) is 8.78 Å². The van der Waals surface area contributed by atoms with E-state index in [0.29, 0.717) is 12.3 Å². The Bertz CT molecular complexity index is 416. The third-order valence-electron chi connectivity index (χ3n) is 5.42. The first-order chi connectivity index (χ1) is 11.2. The lowest BCUT2D eigenvalue weighted by Crippen LogP contribution is -2.13. The molecule has 0 saturated heterocycles. The van der Waals surface area contributed by atoms with Gasteiger partial charge in [0.2, 0.25) is 6.43 Å². The number of rotatable bonds is 9. The van der Waals surface area contributed by atoms with Gasteiger partial charge < -0.3 is 0 Å². The highest BCUT2D eigenvalue weighted by Gasteiger charge is 2.21. The predicted molar refractivity (Wildman–Crippen MR) is 94.2 cm³/mol. The van der Waals surface area contributed by atoms with Crippen molar-refractivity contribution in [2.24, 2.45) is 5.92 Å². The lowest BCUT2D eigenvalue weighted by molar-refractivity contribution is 0.138. The van der Waals surface area contributed by atoms with Crippen LogP contribution in [0.25, 0.3) is 0 Å². The molecule has 0 aliphatic heterocycles. The Balaban J connectivity index is 1.72. The molecule has 1 fully saturated rings.